The van der Waals surface area contributed by atoms with Crippen LogP contribution >= 0.6 is 0 Å². The van der Waals surface area contributed by atoms with Gasteiger partial charge in [0, 0.05) is 24.3 Å². The normalized spacial score (nSPS) is 24.1. The van der Waals surface area contributed by atoms with Crippen LogP contribution in [0.1, 0.15) is 56.8 Å². The van der Waals surface area contributed by atoms with Crippen LogP contribution in [0.3, 0.4) is 0 Å². The summed E-state index contributed by atoms with van der Waals surface area (Å²) in [5.41, 5.74) is -1.29. The summed E-state index contributed by atoms with van der Waals surface area (Å²) in [4.78, 5) is 54.6. The quantitative estimate of drug-likeness (QED) is 0.744. The first kappa shape index (κ1) is 18.7. The maximum atomic E-state index is 13.3. The molecule has 0 aromatic heterocycles. The van der Waals surface area contributed by atoms with Gasteiger partial charge in [0.15, 0.2) is 12.4 Å². The summed E-state index contributed by atoms with van der Waals surface area (Å²) >= 11 is 0. The second-order valence-electron chi connectivity index (χ2n) is 8.72. The molecule has 7 nitrogen and oxygen atoms in total. The summed E-state index contributed by atoms with van der Waals surface area (Å²) in [6.45, 7) is 4.89. The molecule has 1 aromatic carbocycles. The number of anilines is 1. The minimum Gasteiger partial charge on any atom is -0.455 e. The lowest BCUT2D eigenvalue weighted by Crippen LogP contribution is -2.69. The Balaban J connectivity index is 1.76. The van der Waals surface area contributed by atoms with Gasteiger partial charge in [-0.25, -0.2) is 4.79 Å². The summed E-state index contributed by atoms with van der Waals surface area (Å²) in [7, 11) is 0. The highest BCUT2D eigenvalue weighted by Crippen LogP contribution is 2.49. The number of carbonyl (C=O) groups is 4. The molecule has 3 aliphatic rings. The van der Waals surface area contributed by atoms with E-state index in [-0.39, 0.29) is 43.1 Å². The van der Waals surface area contributed by atoms with Crippen LogP contribution in [0.2, 0.25) is 0 Å². The molecule has 2 amide bonds. The molecule has 0 bridgehead atoms. The van der Waals surface area contributed by atoms with Crippen LogP contribution in [0.4, 0.5) is 5.69 Å². The molecule has 2 heterocycles. The molecule has 1 saturated heterocycles. The summed E-state index contributed by atoms with van der Waals surface area (Å²) in [6, 6.07) is 6.75. The molecule has 2 fully saturated rings. The van der Waals surface area contributed by atoms with E-state index in [1.54, 1.807) is 45.0 Å². The second-order valence-corrected chi connectivity index (χ2v) is 8.72. The standard InChI is InChI=1S/C21H24N2O5/c1-20(2,3)16(24)12-28-19(27)21-11-10-17(25)23(21)15-7-5-4-6-14(15)18(26)22(21)13-8-9-13/h4-7,13H,8-12H2,1-3H3/t21-/m0/s1. The van der Waals surface area contributed by atoms with E-state index in [9.17, 15) is 19.2 Å². The first-order valence-electron chi connectivity index (χ1n) is 9.64. The first-order valence-corrected chi connectivity index (χ1v) is 9.64. The Kier molecular flexibility index (Phi) is 4.10. The Labute approximate surface area is 163 Å². The van der Waals surface area contributed by atoms with Crippen LogP contribution in [-0.2, 0) is 19.1 Å². The van der Waals surface area contributed by atoms with Crippen molar-refractivity contribution in [1.29, 1.82) is 0 Å². The Morgan fingerprint density at radius 1 is 1.18 bits per heavy atom. The van der Waals surface area contributed by atoms with E-state index in [2.05, 4.69) is 0 Å². The lowest BCUT2D eigenvalue weighted by Gasteiger charge is -2.48. The molecule has 1 atom stereocenters. The first-order chi connectivity index (χ1) is 13.2. The highest BCUT2D eigenvalue weighted by molar-refractivity contribution is 6.15. The highest BCUT2D eigenvalue weighted by Gasteiger charge is 2.64. The number of hydrogen-bond donors (Lipinski definition) is 0. The lowest BCUT2D eigenvalue weighted by atomic mass is 9.91. The fourth-order valence-electron chi connectivity index (χ4n) is 3.98. The van der Waals surface area contributed by atoms with Gasteiger partial charge >= 0.3 is 5.97 Å². The van der Waals surface area contributed by atoms with Crippen molar-refractivity contribution in [2.24, 2.45) is 5.41 Å². The number of fused-ring (bicyclic) bond motifs is 3. The third-order valence-electron chi connectivity index (χ3n) is 5.71. The summed E-state index contributed by atoms with van der Waals surface area (Å²) in [6.07, 6.45) is 1.88. The number of carbonyl (C=O) groups excluding carboxylic acids is 4. The van der Waals surface area contributed by atoms with Gasteiger partial charge in [0.2, 0.25) is 11.6 Å². The number of ketones is 1. The molecule has 28 heavy (non-hydrogen) atoms. The molecule has 0 spiro atoms. The predicted octanol–water partition coefficient (Wildman–Crippen LogP) is 2.29. The molecule has 7 heteroatoms. The smallest absolute Gasteiger partial charge is 0.354 e. The zero-order valence-corrected chi connectivity index (χ0v) is 16.4. The Morgan fingerprint density at radius 2 is 1.86 bits per heavy atom. The molecular formula is C21H24N2O5. The van der Waals surface area contributed by atoms with Crippen molar-refractivity contribution >= 4 is 29.3 Å². The average Bonchev–Trinajstić information content (AvgIpc) is 3.41. The van der Waals surface area contributed by atoms with Crippen LogP contribution in [-0.4, -0.2) is 46.8 Å². The monoisotopic (exact) mass is 384 g/mol. The fraction of sp³-hybridized carbons (Fsp3) is 0.524. The van der Waals surface area contributed by atoms with E-state index < -0.39 is 17.0 Å². The van der Waals surface area contributed by atoms with E-state index in [1.165, 1.54) is 9.80 Å². The summed E-state index contributed by atoms with van der Waals surface area (Å²) in [5, 5.41) is 0. The van der Waals surface area contributed by atoms with E-state index in [4.69, 9.17) is 4.74 Å². The zero-order valence-electron chi connectivity index (χ0n) is 16.4. The van der Waals surface area contributed by atoms with Gasteiger partial charge in [-0.1, -0.05) is 32.9 Å². The third-order valence-corrected chi connectivity index (χ3v) is 5.71. The molecule has 1 aromatic rings. The van der Waals surface area contributed by atoms with Gasteiger partial charge in [0.25, 0.3) is 5.91 Å². The van der Waals surface area contributed by atoms with E-state index >= 15 is 0 Å². The second kappa shape index (κ2) is 6.15. The predicted molar refractivity (Wildman–Crippen MR) is 101 cm³/mol. The number of hydrogen-bond acceptors (Lipinski definition) is 5. The highest BCUT2D eigenvalue weighted by atomic mass is 16.5. The van der Waals surface area contributed by atoms with Gasteiger partial charge in [-0.05, 0) is 25.0 Å². The van der Waals surface area contributed by atoms with Crippen molar-refractivity contribution in [1.82, 2.24) is 4.90 Å². The lowest BCUT2D eigenvalue weighted by molar-refractivity contribution is -0.161. The maximum absolute atomic E-state index is 13.3. The molecule has 148 valence electrons. The van der Waals surface area contributed by atoms with Gasteiger partial charge < -0.3 is 9.64 Å². The van der Waals surface area contributed by atoms with Crippen molar-refractivity contribution < 1.29 is 23.9 Å². The minimum atomic E-state index is -1.50. The number of amides is 2. The topological polar surface area (TPSA) is 84.0 Å². The van der Waals surface area contributed by atoms with Gasteiger partial charge in [-0.2, -0.15) is 0 Å². The number of esters is 1. The van der Waals surface area contributed by atoms with E-state index in [1.807, 2.05) is 0 Å². The van der Waals surface area contributed by atoms with Crippen LogP contribution in [0.25, 0.3) is 0 Å². The molecule has 1 aliphatic carbocycles. The number of para-hydroxylation sites is 1. The van der Waals surface area contributed by atoms with Gasteiger partial charge in [-0.15, -0.1) is 0 Å². The zero-order chi connectivity index (χ0) is 20.3. The fourth-order valence-corrected chi connectivity index (χ4v) is 3.98. The van der Waals surface area contributed by atoms with Crippen LogP contribution in [0.15, 0.2) is 24.3 Å². The van der Waals surface area contributed by atoms with Gasteiger partial charge in [0.05, 0.1) is 11.3 Å². The number of rotatable bonds is 4. The van der Waals surface area contributed by atoms with Crippen molar-refractivity contribution in [2.45, 2.75) is 58.2 Å². The van der Waals surface area contributed by atoms with E-state index in [0.717, 1.165) is 12.8 Å². The molecule has 0 radical (unpaired) electrons. The Bertz CT molecular complexity index is 883. The Morgan fingerprint density at radius 3 is 2.50 bits per heavy atom. The number of ether oxygens (including phenoxy) is 1. The molecule has 4 rings (SSSR count). The molecule has 2 aliphatic heterocycles. The molecular weight excluding hydrogens is 360 g/mol. The minimum absolute atomic E-state index is 0.0971. The Hall–Kier alpha value is -2.70. The van der Waals surface area contributed by atoms with E-state index in [0.29, 0.717) is 11.3 Å². The van der Waals surface area contributed by atoms with Gasteiger partial charge in [-0.3, -0.25) is 19.3 Å². The molecule has 1 saturated carbocycles. The molecule has 0 unspecified atom stereocenters. The van der Waals surface area contributed by atoms with Gasteiger partial charge in [0.1, 0.15) is 0 Å². The van der Waals surface area contributed by atoms with Crippen LogP contribution in [0.5, 0.6) is 0 Å². The van der Waals surface area contributed by atoms with Crippen molar-refractivity contribution in [2.75, 3.05) is 11.5 Å². The average molecular weight is 384 g/mol. The number of benzene rings is 1. The maximum Gasteiger partial charge on any atom is 0.354 e. The summed E-state index contributed by atoms with van der Waals surface area (Å²) < 4.78 is 5.42. The largest absolute Gasteiger partial charge is 0.455 e. The third kappa shape index (κ3) is 2.64. The number of nitrogens with zero attached hydrogens (tertiary/aromatic N) is 2. The van der Waals surface area contributed by atoms with Crippen LogP contribution < -0.4 is 4.90 Å². The van der Waals surface area contributed by atoms with Crippen molar-refractivity contribution in [3.63, 3.8) is 0 Å². The SMILES string of the molecule is CC(C)(C)C(=O)COC(=O)[C@]12CCC(=O)N1c1ccccc1C(=O)N2C1CC1. The van der Waals surface area contributed by atoms with Crippen LogP contribution in [0, 0.1) is 5.41 Å². The van der Waals surface area contributed by atoms with Crippen molar-refractivity contribution in [3.05, 3.63) is 29.8 Å². The molecule has 0 N–H and O–H groups in total. The number of Topliss-reactive ketones (excluding diaryl/α,β-unsaturated/α-hetero) is 1. The van der Waals surface area contributed by atoms with Crippen molar-refractivity contribution in [3.8, 4) is 0 Å². The summed E-state index contributed by atoms with van der Waals surface area (Å²) in [5.74, 6) is -1.40.